The molecule has 0 saturated heterocycles. The Kier molecular flexibility index (Phi) is 5.44. The van der Waals surface area contributed by atoms with Gasteiger partial charge in [-0.15, -0.1) is 0 Å². The second-order valence-corrected chi connectivity index (χ2v) is 4.53. The van der Waals surface area contributed by atoms with Crippen molar-refractivity contribution in [2.45, 2.75) is 13.5 Å². The molecule has 1 heterocycles. The maximum absolute atomic E-state index is 11.4. The van der Waals surface area contributed by atoms with Crippen LogP contribution in [0.25, 0.3) is 0 Å². The smallest absolute Gasteiger partial charge is 0.354 e. The minimum absolute atomic E-state index is 0.0147. The summed E-state index contributed by atoms with van der Waals surface area (Å²) < 4.78 is 0. The van der Waals surface area contributed by atoms with E-state index >= 15 is 0 Å². The maximum Gasteiger partial charge on any atom is 0.354 e. The fourth-order valence-corrected chi connectivity index (χ4v) is 1.82. The van der Waals surface area contributed by atoms with Crippen molar-refractivity contribution in [3.63, 3.8) is 0 Å². The summed E-state index contributed by atoms with van der Waals surface area (Å²) in [6.45, 7) is 2.93. The predicted octanol–water partition coefficient (Wildman–Crippen LogP) is 0.594. The van der Waals surface area contributed by atoms with Crippen LogP contribution >= 0.6 is 0 Å². The topological polar surface area (TPSA) is 82.5 Å². The first-order chi connectivity index (χ1) is 8.93. The first-order valence-corrected chi connectivity index (χ1v) is 6.03. The molecule has 0 aliphatic heterocycles. The van der Waals surface area contributed by atoms with Gasteiger partial charge in [-0.3, -0.25) is 9.69 Å². The van der Waals surface area contributed by atoms with Crippen LogP contribution in [0.15, 0.2) is 18.2 Å². The van der Waals surface area contributed by atoms with Crippen molar-refractivity contribution in [3.8, 4) is 0 Å². The molecule has 0 spiro atoms. The van der Waals surface area contributed by atoms with E-state index < -0.39 is 5.97 Å². The zero-order valence-corrected chi connectivity index (χ0v) is 11.4. The molecule has 0 radical (unpaired) electrons. The Morgan fingerprint density at radius 1 is 1.47 bits per heavy atom. The van der Waals surface area contributed by atoms with Gasteiger partial charge in [0.15, 0.2) is 0 Å². The van der Waals surface area contributed by atoms with Crippen LogP contribution in [-0.2, 0) is 11.3 Å². The van der Waals surface area contributed by atoms with Crippen molar-refractivity contribution in [2.24, 2.45) is 5.92 Å². The van der Waals surface area contributed by atoms with E-state index in [0.717, 1.165) is 0 Å². The standard InChI is InChI=1S/C13H19N3O3/c1-9(12(17)14-2)7-16(3)8-10-5-4-6-11(15-10)13(18)19/h4-6,9H,7-8H2,1-3H3,(H,14,17)(H,18,19). The number of pyridine rings is 1. The van der Waals surface area contributed by atoms with Crippen LogP contribution in [0.4, 0.5) is 0 Å². The summed E-state index contributed by atoms with van der Waals surface area (Å²) in [5.74, 6) is -1.18. The Balaban J connectivity index is 2.61. The van der Waals surface area contributed by atoms with Crippen LogP contribution in [0.3, 0.4) is 0 Å². The van der Waals surface area contributed by atoms with Gasteiger partial charge < -0.3 is 10.4 Å². The summed E-state index contributed by atoms with van der Waals surface area (Å²) in [6, 6.07) is 4.90. The fraction of sp³-hybridized carbons (Fsp3) is 0.462. The molecule has 1 aromatic heterocycles. The number of carbonyl (C=O) groups excluding carboxylic acids is 1. The molecular weight excluding hydrogens is 246 g/mol. The highest BCUT2D eigenvalue weighted by Gasteiger charge is 2.14. The third kappa shape index (κ3) is 4.67. The molecule has 0 saturated carbocycles. The van der Waals surface area contributed by atoms with Gasteiger partial charge in [-0.05, 0) is 19.2 Å². The molecule has 1 atom stereocenters. The molecule has 6 nitrogen and oxygen atoms in total. The van der Waals surface area contributed by atoms with E-state index in [1.807, 2.05) is 18.9 Å². The lowest BCUT2D eigenvalue weighted by molar-refractivity contribution is -0.124. The van der Waals surface area contributed by atoms with E-state index in [9.17, 15) is 9.59 Å². The van der Waals surface area contributed by atoms with E-state index in [0.29, 0.717) is 18.8 Å². The van der Waals surface area contributed by atoms with Gasteiger partial charge >= 0.3 is 5.97 Å². The minimum Gasteiger partial charge on any atom is -0.477 e. The molecule has 0 aliphatic carbocycles. The first-order valence-electron chi connectivity index (χ1n) is 6.03. The SMILES string of the molecule is CNC(=O)C(C)CN(C)Cc1cccc(C(=O)O)n1. The monoisotopic (exact) mass is 265 g/mol. The Labute approximate surface area is 112 Å². The molecule has 6 heteroatoms. The van der Waals surface area contributed by atoms with E-state index in [1.165, 1.54) is 6.07 Å². The van der Waals surface area contributed by atoms with Crippen molar-refractivity contribution >= 4 is 11.9 Å². The van der Waals surface area contributed by atoms with E-state index in [-0.39, 0.29) is 17.5 Å². The molecule has 0 aromatic carbocycles. The van der Waals surface area contributed by atoms with Crippen LogP contribution in [0.5, 0.6) is 0 Å². The Hall–Kier alpha value is -1.95. The Morgan fingerprint density at radius 3 is 2.74 bits per heavy atom. The van der Waals surface area contributed by atoms with Crippen molar-refractivity contribution in [1.29, 1.82) is 0 Å². The number of hydrogen-bond acceptors (Lipinski definition) is 4. The number of aromatic carboxylic acids is 1. The van der Waals surface area contributed by atoms with E-state index in [2.05, 4.69) is 10.3 Å². The van der Waals surface area contributed by atoms with Crippen molar-refractivity contribution in [3.05, 3.63) is 29.6 Å². The number of hydrogen-bond donors (Lipinski definition) is 2. The van der Waals surface area contributed by atoms with E-state index in [1.54, 1.807) is 19.2 Å². The van der Waals surface area contributed by atoms with Crippen LogP contribution in [0, 0.1) is 5.92 Å². The average molecular weight is 265 g/mol. The molecular formula is C13H19N3O3. The summed E-state index contributed by atoms with van der Waals surface area (Å²) in [5.41, 5.74) is 0.705. The van der Waals surface area contributed by atoms with Crippen molar-refractivity contribution in [2.75, 3.05) is 20.6 Å². The number of aromatic nitrogens is 1. The fourth-order valence-electron chi connectivity index (χ4n) is 1.82. The molecule has 1 rings (SSSR count). The number of nitrogens with one attached hydrogen (secondary N) is 1. The number of amides is 1. The van der Waals surface area contributed by atoms with Gasteiger partial charge in [0.2, 0.25) is 5.91 Å². The maximum atomic E-state index is 11.4. The van der Waals surface area contributed by atoms with Crippen LogP contribution < -0.4 is 5.32 Å². The number of carboxylic acids is 1. The van der Waals surface area contributed by atoms with Crippen molar-refractivity contribution < 1.29 is 14.7 Å². The quantitative estimate of drug-likeness (QED) is 0.786. The minimum atomic E-state index is -1.04. The lowest BCUT2D eigenvalue weighted by Crippen LogP contribution is -2.34. The van der Waals surface area contributed by atoms with Gasteiger partial charge in [0.1, 0.15) is 5.69 Å². The summed E-state index contributed by atoms with van der Waals surface area (Å²) in [4.78, 5) is 28.2. The Bertz CT molecular complexity index is 462. The molecule has 1 amide bonds. The summed E-state index contributed by atoms with van der Waals surface area (Å²) in [5, 5.41) is 11.5. The summed E-state index contributed by atoms with van der Waals surface area (Å²) >= 11 is 0. The van der Waals surface area contributed by atoms with Crippen LogP contribution in [-0.4, -0.2) is 47.5 Å². The molecule has 2 N–H and O–H groups in total. The lowest BCUT2D eigenvalue weighted by atomic mass is 10.1. The second kappa shape index (κ2) is 6.84. The molecule has 19 heavy (non-hydrogen) atoms. The first kappa shape index (κ1) is 15.1. The highest BCUT2D eigenvalue weighted by molar-refractivity contribution is 5.85. The predicted molar refractivity (Wildman–Crippen MR) is 70.8 cm³/mol. The zero-order chi connectivity index (χ0) is 14.4. The lowest BCUT2D eigenvalue weighted by Gasteiger charge is -2.20. The van der Waals surface area contributed by atoms with Gasteiger partial charge in [-0.25, -0.2) is 9.78 Å². The highest BCUT2D eigenvalue weighted by Crippen LogP contribution is 2.05. The normalized spacial score (nSPS) is 12.2. The highest BCUT2D eigenvalue weighted by atomic mass is 16.4. The number of rotatable bonds is 6. The number of carboxylic acid groups (broad SMARTS) is 1. The van der Waals surface area contributed by atoms with Crippen molar-refractivity contribution in [1.82, 2.24) is 15.2 Å². The van der Waals surface area contributed by atoms with Gasteiger partial charge in [-0.1, -0.05) is 13.0 Å². The molecule has 1 unspecified atom stereocenters. The average Bonchev–Trinajstić information content (AvgIpc) is 2.37. The van der Waals surface area contributed by atoms with Gasteiger partial charge in [0, 0.05) is 26.1 Å². The molecule has 104 valence electrons. The number of nitrogens with zero attached hydrogens (tertiary/aromatic N) is 2. The largest absolute Gasteiger partial charge is 0.477 e. The molecule has 0 fully saturated rings. The molecule has 0 bridgehead atoms. The van der Waals surface area contributed by atoms with Crippen LogP contribution in [0.2, 0.25) is 0 Å². The molecule has 1 aromatic rings. The Morgan fingerprint density at radius 2 is 2.16 bits per heavy atom. The summed E-state index contributed by atoms with van der Waals surface area (Å²) in [7, 11) is 3.48. The second-order valence-electron chi connectivity index (χ2n) is 4.53. The van der Waals surface area contributed by atoms with Gasteiger partial charge in [-0.2, -0.15) is 0 Å². The molecule has 0 aliphatic rings. The number of carbonyl (C=O) groups is 2. The third-order valence-corrected chi connectivity index (χ3v) is 2.74. The van der Waals surface area contributed by atoms with E-state index in [4.69, 9.17) is 5.11 Å². The summed E-state index contributed by atoms with van der Waals surface area (Å²) in [6.07, 6.45) is 0. The van der Waals surface area contributed by atoms with Crippen LogP contribution in [0.1, 0.15) is 23.1 Å². The third-order valence-electron chi connectivity index (χ3n) is 2.74. The zero-order valence-electron chi connectivity index (χ0n) is 11.4. The van der Waals surface area contributed by atoms with Gasteiger partial charge in [0.05, 0.1) is 5.69 Å². The van der Waals surface area contributed by atoms with Gasteiger partial charge in [0.25, 0.3) is 0 Å².